The summed E-state index contributed by atoms with van der Waals surface area (Å²) >= 11 is 0. The number of benzene rings is 6. The number of cyclic esters (lactones) is 2. The maximum absolute atomic E-state index is 13.1. The van der Waals surface area contributed by atoms with Gasteiger partial charge in [0.25, 0.3) is 0 Å². The van der Waals surface area contributed by atoms with Crippen LogP contribution in [0.2, 0.25) is 0 Å². The van der Waals surface area contributed by atoms with Crippen molar-refractivity contribution in [2.24, 2.45) is 0 Å². The Bertz CT molecular complexity index is 2650. The highest BCUT2D eigenvalue weighted by Crippen LogP contribution is 2.52. The summed E-state index contributed by atoms with van der Waals surface area (Å²) < 4.78 is 14.5. The largest absolute Gasteiger partial charge is 0.441 e. The highest BCUT2D eigenvalue weighted by molar-refractivity contribution is 6.00. The molecule has 0 radical (unpaired) electrons. The van der Waals surface area contributed by atoms with Gasteiger partial charge in [0.15, 0.2) is 11.2 Å². The highest BCUT2D eigenvalue weighted by Gasteiger charge is 2.52. The zero-order chi connectivity index (χ0) is 42.3. The number of carbonyl (C=O) groups is 2. The first-order chi connectivity index (χ1) is 29.0. The van der Waals surface area contributed by atoms with E-state index < -0.39 is 11.2 Å². The molecule has 60 heavy (non-hydrogen) atoms. The summed E-state index contributed by atoms with van der Waals surface area (Å²) in [5.74, 6) is 0.236. The lowest BCUT2D eigenvalue weighted by molar-refractivity contribution is 0.0245. The second-order valence-corrected chi connectivity index (χ2v) is 15.6. The fraction of sp³-hybridized carbons (Fsp3) is 0.200. The van der Waals surface area contributed by atoms with E-state index in [4.69, 9.17) is 9.47 Å². The molecule has 1 unspecified atom stereocenters. The fourth-order valence-corrected chi connectivity index (χ4v) is 8.62. The number of esters is 2. The summed E-state index contributed by atoms with van der Waals surface area (Å²) in [6.45, 7) is 0. The quantitative estimate of drug-likeness (QED) is 0.139. The number of ether oxygens (including phenoxy) is 2. The lowest BCUT2D eigenvalue weighted by atomic mass is 9.79. The Morgan fingerprint density at radius 2 is 0.867 bits per heavy atom. The van der Waals surface area contributed by atoms with Crippen LogP contribution in [0.1, 0.15) is 54.1 Å². The zero-order valence-electron chi connectivity index (χ0n) is 35.3. The van der Waals surface area contributed by atoms with Crippen LogP contribution in [0.4, 0.5) is 22.9 Å². The van der Waals surface area contributed by atoms with Gasteiger partial charge in [-0.15, -0.1) is 0 Å². The predicted molar refractivity (Wildman–Crippen MR) is 243 cm³/mol. The number of hydrogen-bond donors (Lipinski definition) is 2. The van der Waals surface area contributed by atoms with Crippen molar-refractivity contribution in [2.75, 3.05) is 81.8 Å². The summed E-state index contributed by atoms with van der Waals surface area (Å²) in [5, 5.41) is 4.36. The van der Waals surface area contributed by atoms with Crippen molar-refractivity contribution in [1.29, 1.82) is 0 Å². The number of aromatic nitrogens is 1. The van der Waals surface area contributed by atoms with E-state index in [1.165, 1.54) is 0 Å². The van der Waals surface area contributed by atoms with Crippen molar-refractivity contribution in [2.45, 2.75) is 11.2 Å². The van der Waals surface area contributed by atoms with Gasteiger partial charge in [-0.3, -0.25) is 0 Å². The summed E-state index contributed by atoms with van der Waals surface area (Å²) in [7, 11) is 15.8. The molecule has 10 nitrogen and oxygen atoms in total. The molecule has 0 saturated carbocycles. The molecule has 0 spiro atoms. The molecular formula is C50H50N6O4. The van der Waals surface area contributed by atoms with Crippen LogP contribution in [0.5, 0.6) is 0 Å². The SMILES string of the molecule is CN(C)c1ccc(C2(c3ccc(N(C)C)cc3)OC(=O)c3ccccc32)cc1.CNc1c(C2(c3ccc(N(C)C)cc3)OC(=O)c3ccccc32)c2ccccc2n1NC. The van der Waals surface area contributed by atoms with E-state index in [9.17, 15) is 9.59 Å². The van der Waals surface area contributed by atoms with Crippen LogP contribution >= 0.6 is 0 Å². The minimum atomic E-state index is -1.08. The Hall–Kier alpha value is -7.20. The number of nitrogens with zero attached hydrogens (tertiary/aromatic N) is 4. The molecule has 1 aromatic heterocycles. The predicted octanol–water partition coefficient (Wildman–Crippen LogP) is 8.67. The average Bonchev–Trinajstić information content (AvgIpc) is 3.89. The van der Waals surface area contributed by atoms with E-state index in [-0.39, 0.29) is 11.9 Å². The number of rotatable bonds is 9. The van der Waals surface area contributed by atoms with Crippen LogP contribution in [0.15, 0.2) is 146 Å². The summed E-state index contributed by atoms with van der Waals surface area (Å²) in [4.78, 5) is 32.0. The van der Waals surface area contributed by atoms with E-state index in [0.717, 1.165) is 67.2 Å². The topological polar surface area (TPSA) is 91.3 Å². The first kappa shape index (κ1) is 39.6. The highest BCUT2D eigenvalue weighted by atomic mass is 16.6. The first-order valence-electron chi connectivity index (χ1n) is 19.9. The summed E-state index contributed by atoms with van der Waals surface area (Å²) in [6.07, 6.45) is 0. The number of hydrogen-bond acceptors (Lipinski definition) is 9. The van der Waals surface area contributed by atoms with Crippen LogP contribution in [0.25, 0.3) is 10.9 Å². The van der Waals surface area contributed by atoms with Crippen LogP contribution < -0.4 is 25.4 Å². The molecule has 7 aromatic rings. The van der Waals surface area contributed by atoms with Gasteiger partial charge in [0.05, 0.1) is 22.2 Å². The average molecular weight is 799 g/mol. The second kappa shape index (κ2) is 15.5. The van der Waals surface area contributed by atoms with Crippen LogP contribution in [-0.2, 0) is 20.7 Å². The molecule has 304 valence electrons. The zero-order valence-corrected chi connectivity index (χ0v) is 35.3. The Balaban J connectivity index is 0.000000168. The van der Waals surface area contributed by atoms with Gasteiger partial charge in [-0.2, -0.15) is 0 Å². The van der Waals surface area contributed by atoms with E-state index in [1.54, 1.807) is 0 Å². The van der Waals surface area contributed by atoms with Crippen LogP contribution in [-0.4, -0.2) is 73.0 Å². The van der Waals surface area contributed by atoms with Crippen molar-refractivity contribution in [3.05, 3.63) is 190 Å². The molecule has 0 amide bonds. The van der Waals surface area contributed by atoms with Crippen molar-refractivity contribution < 1.29 is 19.1 Å². The molecule has 0 aliphatic carbocycles. The Morgan fingerprint density at radius 3 is 1.30 bits per heavy atom. The lowest BCUT2D eigenvalue weighted by Crippen LogP contribution is -2.31. The Labute approximate surface area is 351 Å². The lowest BCUT2D eigenvalue weighted by Gasteiger charge is -2.31. The third-order valence-electron chi connectivity index (χ3n) is 11.6. The number of anilines is 4. The number of para-hydroxylation sites is 1. The molecule has 0 bridgehead atoms. The molecule has 2 N–H and O–H groups in total. The number of nitrogens with one attached hydrogen (secondary N) is 2. The normalized spacial score (nSPS) is 15.9. The third kappa shape index (κ3) is 6.27. The summed E-state index contributed by atoms with van der Waals surface area (Å²) in [6, 6.07) is 48.1. The molecule has 9 rings (SSSR count). The van der Waals surface area contributed by atoms with Crippen molar-refractivity contribution in [1.82, 2.24) is 4.68 Å². The Morgan fingerprint density at radius 1 is 0.483 bits per heavy atom. The number of carbonyl (C=O) groups excluding carboxylic acids is 2. The van der Waals surface area contributed by atoms with Crippen molar-refractivity contribution >= 4 is 45.7 Å². The maximum atomic E-state index is 13.1. The van der Waals surface area contributed by atoms with Gasteiger partial charge in [0.1, 0.15) is 5.82 Å². The smallest absolute Gasteiger partial charge is 0.340 e. The van der Waals surface area contributed by atoms with Crippen LogP contribution in [0.3, 0.4) is 0 Å². The van der Waals surface area contributed by atoms with Gasteiger partial charge >= 0.3 is 11.9 Å². The molecule has 3 heterocycles. The minimum Gasteiger partial charge on any atom is -0.441 e. The van der Waals surface area contributed by atoms with Crippen molar-refractivity contribution in [3.63, 3.8) is 0 Å². The van der Waals surface area contributed by atoms with Gasteiger partial charge in [-0.25, -0.2) is 14.3 Å². The van der Waals surface area contributed by atoms with E-state index >= 15 is 0 Å². The van der Waals surface area contributed by atoms with Gasteiger partial charge < -0.3 is 34.9 Å². The molecule has 10 heteroatoms. The van der Waals surface area contributed by atoms with Crippen LogP contribution in [0, 0.1) is 0 Å². The van der Waals surface area contributed by atoms with E-state index in [0.29, 0.717) is 11.1 Å². The van der Waals surface area contributed by atoms with Gasteiger partial charge in [0.2, 0.25) is 0 Å². The maximum Gasteiger partial charge on any atom is 0.340 e. The molecule has 6 aromatic carbocycles. The Kier molecular flexibility index (Phi) is 10.2. The number of fused-ring (bicyclic) bond motifs is 3. The molecule has 2 aliphatic heterocycles. The molecule has 2 aliphatic rings. The van der Waals surface area contributed by atoms with Crippen molar-refractivity contribution in [3.8, 4) is 0 Å². The monoisotopic (exact) mass is 798 g/mol. The van der Waals surface area contributed by atoms with Gasteiger partial charge in [0, 0.05) is 107 Å². The second-order valence-electron chi connectivity index (χ2n) is 15.6. The molecule has 0 saturated heterocycles. The fourth-order valence-electron chi connectivity index (χ4n) is 8.62. The first-order valence-corrected chi connectivity index (χ1v) is 19.9. The molecular weight excluding hydrogens is 749 g/mol. The van der Waals surface area contributed by atoms with E-state index in [2.05, 4.69) is 86.1 Å². The van der Waals surface area contributed by atoms with Gasteiger partial charge in [-0.1, -0.05) is 91.0 Å². The van der Waals surface area contributed by atoms with Gasteiger partial charge in [-0.05, 0) is 54.6 Å². The standard InChI is InChI=1S/C26H26N4O2.C24H24N2O2/c1-27-24-23(20-10-6-8-12-22(20)30(24)28-2)26(17-13-15-18(16-14-17)29(3)4)21-11-7-5-9-19(21)25(31)32-26;1-25(2)19-13-9-17(10-14-19)24(18-11-15-20(16-12-18)26(3)4)22-8-6-5-7-21(22)23(27)28-24/h5-16,27-28H,1-4H3;5-16H,1-4H3. The minimum absolute atomic E-state index is 0.288. The molecule has 1 atom stereocenters. The molecule has 0 fully saturated rings. The van der Waals surface area contributed by atoms with E-state index in [1.807, 2.05) is 146 Å². The third-order valence-corrected chi connectivity index (χ3v) is 11.6. The summed E-state index contributed by atoms with van der Waals surface area (Å²) in [5.41, 5.74) is 12.1.